The van der Waals surface area contributed by atoms with Gasteiger partial charge in [-0.2, -0.15) is 0 Å². The van der Waals surface area contributed by atoms with Crippen molar-refractivity contribution in [2.45, 2.75) is 19.3 Å². The first kappa shape index (κ1) is 33.3. The van der Waals surface area contributed by atoms with Gasteiger partial charge in [-0.25, -0.2) is 0 Å². The summed E-state index contributed by atoms with van der Waals surface area (Å²) in [7, 11) is 0. The Morgan fingerprint density at radius 1 is 0.263 bits per heavy atom. The molecule has 0 nitrogen and oxygen atoms in total. The van der Waals surface area contributed by atoms with E-state index in [0.717, 1.165) is 0 Å². The molecule has 0 aliphatic heterocycles. The zero-order valence-corrected chi connectivity index (χ0v) is 32.1. The maximum atomic E-state index is 2.47. The van der Waals surface area contributed by atoms with Gasteiger partial charge in [0.25, 0.3) is 0 Å². The fraction of sp³-hybridized carbons (Fsp3) is 0.0526. The Kier molecular flexibility index (Phi) is 7.63. The molecule has 10 aromatic rings. The van der Waals surface area contributed by atoms with Crippen LogP contribution >= 0.6 is 0 Å². The first-order valence-electron chi connectivity index (χ1n) is 20.0. The zero-order valence-electron chi connectivity index (χ0n) is 32.1. The molecule has 0 spiro atoms. The van der Waals surface area contributed by atoms with Crippen LogP contribution in [0.25, 0.3) is 99.1 Å². The van der Waals surface area contributed by atoms with E-state index in [9.17, 15) is 0 Å². The highest BCUT2D eigenvalue weighted by atomic mass is 14.4. The van der Waals surface area contributed by atoms with Gasteiger partial charge in [0.2, 0.25) is 0 Å². The van der Waals surface area contributed by atoms with Gasteiger partial charge in [-0.05, 0) is 122 Å². The number of fused-ring (bicyclic) bond motifs is 6. The molecule has 0 radical (unpaired) electrons. The molecular formula is C57H40. The van der Waals surface area contributed by atoms with Gasteiger partial charge in [0.1, 0.15) is 0 Å². The molecular weight excluding hydrogens is 685 g/mol. The molecule has 0 unspecified atom stereocenters. The first-order chi connectivity index (χ1) is 28.0. The van der Waals surface area contributed by atoms with E-state index in [2.05, 4.69) is 220 Å². The van der Waals surface area contributed by atoms with Gasteiger partial charge in [-0.3, -0.25) is 0 Å². The van der Waals surface area contributed by atoms with Gasteiger partial charge >= 0.3 is 0 Å². The molecule has 0 bridgehead atoms. The van der Waals surface area contributed by atoms with Gasteiger partial charge in [0.15, 0.2) is 0 Å². The lowest BCUT2D eigenvalue weighted by Crippen LogP contribution is -2.14. The first-order valence-corrected chi connectivity index (χ1v) is 20.0. The van der Waals surface area contributed by atoms with Crippen molar-refractivity contribution in [2.24, 2.45) is 0 Å². The van der Waals surface area contributed by atoms with Gasteiger partial charge in [-0.15, -0.1) is 0 Å². The van der Waals surface area contributed by atoms with Crippen molar-refractivity contribution in [1.29, 1.82) is 0 Å². The molecule has 57 heavy (non-hydrogen) atoms. The number of rotatable bonds is 5. The summed E-state index contributed by atoms with van der Waals surface area (Å²) in [6, 6.07) is 76.5. The fourth-order valence-electron chi connectivity index (χ4n) is 9.73. The highest BCUT2D eigenvalue weighted by Crippen LogP contribution is 2.52. The maximum Gasteiger partial charge on any atom is 0.0158 e. The van der Waals surface area contributed by atoms with Crippen molar-refractivity contribution >= 4 is 32.3 Å². The van der Waals surface area contributed by atoms with E-state index in [4.69, 9.17) is 0 Å². The van der Waals surface area contributed by atoms with Gasteiger partial charge in [0.05, 0.1) is 0 Å². The summed E-state index contributed by atoms with van der Waals surface area (Å²) in [6.07, 6.45) is 0. The molecule has 0 heterocycles. The smallest absolute Gasteiger partial charge is 0.0158 e. The van der Waals surface area contributed by atoms with Crippen LogP contribution in [0.5, 0.6) is 0 Å². The molecule has 1 aliphatic rings. The average Bonchev–Trinajstić information content (AvgIpc) is 3.50. The van der Waals surface area contributed by atoms with Crippen LogP contribution in [0.2, 0.25) is 0 Å². The van der Waals surface area contributed by atoms with E-state index in [0.29, 0.717) is 0 Å². The summed E-state index contributed by atoms with van der Waals surface area (Å²) < 4.78 is 0. The molecule has 0 N–H and O–H groups in total. The molecule has 0 fully saturated rings. The van der Waals surface area contributed by atoms with Crippen LogP contribution in [0.15, 0.2) is 206 Å². The van der Waals surface area contributed by atoms with Crippen molar-refractivity contribution < 1.29 is 0 Å². The van der Waals surface area contributed by atoms with Gasteiger partial charge in [-0.1, -0.05) is 208 Å². The molecule has 11 rings (SSSR count). The molecule has 0 saturated carbocycles. The summed E-state index contributed by atoms with van der Waals surface area (Å²) in [5.41, 5.74) is 17.8. The van der Waals surface area contributed by atoms with E-state index in [-0.39, 0.29) is 5.41 Å². The third-order valence-corrected chi connectivity index (χ3v) is 12.5. The molecule has 0 atom stereocenters. The summed E-state index contributed by atoms with van der Waals surface area (Å²) in [5.74, 6) is 0. The largest absolute Gasteiger partial charge is 0.0622 e. The maximum absolute atomic E-state index is 2.47. The van der Waals surface area contributed by atoms with Crippen LogP contribution in [-0.2, 0) is 5.41 Å². The lowest BCUT2D eigenvalue weighted by atomic mass is 9.80. The summed E-state index contributed by atoms with van der Waals surface area (Å²) >= 11 is 0. The molecule has 268 valence electrons. The number of hydrogen-bond acceptors (Lipinski definition) is 0. The normalized spacial score (nSPS) is 12.9. The second-order valence-corrected chi connectivity index (χ2v) is 16.0. The average molecular weight is 725 g/mol. The van der Waals surface area contributed by atoms with Crippen LogP contribution in [0, 0.1) is 0 Å². The quantitative estimate of drug-likeness (QED) is 0.155. The molecule has 0 amide bonds. The molecule has 10 aromatic carbocycles. The summed E-state index contributed by atoms with van der Waals surface area (Å²) in [6.45, 7) is 4.72. The Labute approximate surface area is 334 Å². The number of benzene rings is 10. The van der Waals surface area contributed by atoms with Gasteiger partial charge < -0.3 is 0 Å². The lowest BCUT2D eigenvalue weighted by molar-refractivity contribution is 0.660. The van der Waals surface area contributed by atoms with Crippen molar-refractivity contribution in [3.05, 3.63) is 217 Å². The van der Waals surface area contributed by atoms with Crippen molar-refractivity contribution in [1.82, 2.24) is 0 Å². The molecule has 0 saturated heterocycles. The third kappa shape index (κ3) is 5.29. The Morgan fingerprint density at radius 3 is 1.60 bits per heavy atom. The topological polar surface area (TPSA) is 0 Å². The van der Waals surface area contributed by atoms with E-state index < -0.39 is 0 Å². The third-order valence-electron chi connectivity index (χ3n) is 12.5. The predicted octanol–water partition coefficient (Wildman–Crippen LogP) is 15.8. The molecule has 0 aromatic heterocycles. The Balaban J connectivity index is 1.20. The van der Waals surface area contributed by atoms with Crippen LogP contribution < -0.4 is 0 Å². The van der Waals surface area contributed by atoms with Crippen molar-refractivity contribution in [2.75, 3.05) is 0 Å². The zero-order chi connectivity index (χ0) is 38.1. The van der Waals surface area contributed by atoms with E-state index in [1.165, 1.54) is 110 Å². The second-order valence-electron chi connectivity index (χ2n) is 16.0. The molecule has 0 heteroatoms. The number of hydrogen-bond donors (Lipinski definition) is 0. The lowest BCUT2D eigenvalue weighted by Gasteiger charge is -2.22. The van der Waals surface area contributed by atoms with Crippen LogP contribution in [-0.4, -0.2) is 0 Å². The van der Waals surface area contributed by atoms with Crippen LogP contribution in [0.4, 0.5) is 0 Å². The SMILES string of the molecule is CC1(C)c2ccccc2-c2cc(-c3c4ccccc4c(-c4ccccc4-c4ccc(-c5ccccc5)cc4)c4ccc(-c5cccc6ccccc56)cc34)ccc21. The van der Waals surface area contributed by atoms with E-state index >= 15 is 0 Å². The highest BCUT2D eigenvalue weighted by Gasteiger charge is 2.35. The Hall–Kier alpha value is -7.02. The minimum Gasteiger partial charge on any atom is -0.0622 e. The van der Waals surface area contributed by atoms with E-state index in [1.807, 2.05) is 0 Å². The fourth-order valence-corrected chi connectivity index (χ4v) is 9.73. The Bertz CT molecular complexity index is 3180. The minimum atomic E-state index is -0.0526. The summed E-state index contributed by atoms with van der Waals surface area (Å²) in [5, 5.41) is 7.54. The van der Waals surface area contributed by atoms with Crippen LogP contribution in [0.1, 0.15) is 25.0 Å². The van der Waals surface area contributed by atoms with Crippen molar-refractivity contribution in [3.63, 3.8) is 0 Å². The predicted molar refractivity (Wildman–Crippen MR) is 244 cm³/mol. The highest BCUT2D eigenvalue weighted by molar-refractivity contribution is 6.23. The van der Waals surface area contributed by atoms with Crippen molar-refractivity contribution in [3.8, 4) is 66.8 Å². The second kappa shape index (κ2) is 13.0. The van der Waals surface area contributed by atoms with Crippen LogP contribution in [0.3, 0.4) is 0 Å². The minimum absolute atomic E-state index is 0.0526. The summed E-state index contributed by atoms with van der Waals surface area (Å²) in [4.78, 5) is 0. The van der Waals surface area contributed by atoms with E-state index in [1.54, 1.807) is 0 Å². The van der Waals surface area contributed by atoms with Gasteiger partial charge in [0, 0.05) is 5.41 Å². The molecule has 1 aliphatic carbocycles. The standard InChI is InChI=1S/C57H40/c1-57(2)53-26-13-12-21-46(53)51-36-42(32-34-54(51)57)55-48-23-10-11-24-49(48)56(50-33-31-41(35-52(50)55)45-25-14-18-39-17-6-7-19-43(39)45)47-22-9-8-20-44(47)40-29-27-38(28-30-40)37-15-4-3-5-16-37/h3-36H,1-2H3. The monoisotopic (exact) mass is 724 g/mol. The Morgan fingerprint density at radius 2 is 0.789 bits per heavy atom.